The summed E-state index contributed by atoms with van der Waals surface area (Å²) in [6.07, 6.45) is 4.62. The van der Waals surface area contributed by atoms with E-state index >= 15 is 0 Å². The van der Waals surface area contributed by atoms with Crippen molar-refractivity contribution in [2.24, 2.45) is 0 Å². The Bertz CT molecular complexity index is 299. The number of nitrogens with zero attached hydrogens (tertiary/aromatic N) is 2. The third-order valence-electron chi connectivity index (χ3n) is 2.45. The molecule has 0 saturated heterocycles. The van der Waals surface area contributed by atoms with Crippen LogP contribution in [0, 0.1) is 0 Å². The molecule has 0 aliphatic heterocycles. The molecule has 84 valence electrons. The zero-order valence-electron chi connectivity index (χ0n) is 9.77. The van der Waals surface area contributed by atoms with Crippen molar-refractivity contribution < 1.29 is 5.11 Å². The lowest BCUT2D eigenvalue weighted by atomic mass is 10.2. The first-order valence-electron chi connectivity index (χ1n) is 5.51. The topological polar surface area (TPSA) is 36.4 Å². The van der Waals surface area contributed by atoms with Gasteiger partial charge in [0.2, 0.25) is 0 Å². The van der Waals surface area contributed by atoms with E-state index in [1.807, 2.05) is 6.07 Å². The van der Waals surface area contributed by atoms with Crippen LogP contribution in [0.5, 0.6) is 0 Å². The summed E-state index contributed by atoms with van der Waals surface area (Å²) >= 11 is 0. The lowest BCUT2D eigenvalue weighted by Crippen LogP contribution is -2.32. The first-order chi connectivity index (χ1) is 7.20. The molecule has 3 nitrogen and oxygen atoms in total. The fourth-order valence-electron chi connectivity index (χ4n) is 1.72. The Kier molecular flexibility index (Phi) is 4.56. The molecule has 0 atom stereocenters. The van der Waals surface area contributed by atoms with Gasteiger partial charge in [-0.25, -0.2) is 0 Å². The van der Waals surface area contributed by atoms with Crippen LogP contribution >= 0.6 is 0 Å². The van der Waals surface area contributed by atoms with Gasteiger partial charge in [0.15, 0.2) is 0 Å². The van der Waals surface area contributed by atoms with Gasteiger partial charge in [-0.1, -0.05) is 6.92 Å². The molecule has 0 aliphatic rings. The highest BCUT2D eigenvalue weighted by atomic mass is 16.3. The maximum absolute atomic E-state index is 9.25. The molecular weight excluding hydrogens is 188 g/mol. The fraction of sp³-hybridized carbons (Fsp3) is 0.583. The van der Waals surface area contributed by atoms with Gasteiger partial charge in [-0.2, -0.15) is 0 Å². The van der Waals surface area contributed by atoms with E-state index in [-0.39, 0.29) is 6.61 Å². The molecule has 1 aromatic rings. The molecule has 0 unspecified atom stereocenters. The smallest absolute Gasteiger partial charge is 0.0717 e. The summed E-state index contributed by atoms with van der Waals surface area (Å²) in [6, 6.07) is 2.42. The van der Waals surface area contributed by atoms with E-state index < -0.39 is 0 Å². The van der Waals surface area contributed by atoms with Gasteiger partial charge < -0.3 is 10.0 Å². The number of aliphatic hydroxyl groups is 1. The van der Waals surface area contributed by atoms with Gasteiger partial charge in [-0.3, -0.25) is 4.98 Å². The summed E-state index contributed by atoms with van der Waals surface area (Å²) < 4.78 is 0. The van der Waals surface area contributed by atoms with Crippen molar-refractivity contribution in [1.29, 1.82) is 0 Å². The maximum atomic E-state index is 9.25. The SMILES string of the molecule is CCCN(c1ccncc1CO)C(C)C. The Morgan fingerprint density at radius 3 is 2.73 bits per heavy atom. The average Bonchev–Trinajstić information content (AvgIpc) is 2.25. The fourth-order valence-corrected chi connectivity index (χ4v) is 1.72. The molecule has 15 heavy (non-hydrogen) atoms. The van der Waals surface area contributed by atoms with Crippen LogP contribution < -0.4 is 4.90 Å². The van der Waals surface area contributed by atoms with Crippen molar-refractivity contribution in [1.82, 2.24) is 4.98 Å². The number of aliphatic hydroxyl groups excluding tert-OH is 1. The van der Waals surface area contributed by atoms with Gasteiger partial charge >= 0.3 is 0 Å². The second-order valence-electron chi connectivity index (χ2n) is 3.95. The van der Waals surface area contributed by atoms with E-state index in [9.17, 15) is 5.11 Å². The van der Waals surface area contributed by atoms with Crippen LogP contribution in [0.2, 0.25) is 0 Å². The lowest BCUT2D eigenvalue weighted by molar-refractivity contribution is 0.281. The van der Waals surface area contributed by atoms with Crippen molar-refractivity contribution in [3.05, 3.63) is 24.0 Å². The van der Waals surface area contributed by atoms with Crippen molar-refractivity contribution in [3.8, 4) is 0 Å². The first-order valence-corrected chi connectivity index (χ1v) is 5.51. The standard InChI is InChI=1S/C12H20N2O/c1-4-7-14(10(2)3)12-5-6-13-8-11(12)9-15/h5-6,8,10,15H,4,7,9H2,1-3H3. The van der Waals surface area contributed by atoms with Crippen LogP contribution in [0.15, 0.2) is 18.5 Å². The third kappa shape index (κ3) is 2.93. The predicted octanol–water partition coefficient (Wildman–Crippen LogP) is 2.20. The van der Waals surface area contributed by atoms with Crippen LogP contribution in [0.1, 0.15) is 32.8 Å². The summed E-state index contributed by atoms with van der Waals surface area (Å²) in [6.45, 7) is 7.55. The van der Waals surface area contributed by atoms with Gasteiger partial charge in [-0.05, 0) is 26.3 Å². The average molecular weight is 208 g/mol. The Morgan fingerprint density at radius 1 is 1.47 bits per heavy atom. The molecule has 0 radical (unpaired) electrons. The molecule has 0 spiro atoms. The molecule has 1 rings (SSSR count). The number of anilines is 1. The Labute approximate surface area is 91.8 Å². The van der Waals surface area contributed by atoms with E-state index in [0.717, 1.165) is 24.2 Å². The van der Waals surface area contributed by atoms with Crippen LogP contribution in [0.3, 0.4) is 0 Å². The van der Waals surface area contributed by atoms with Gasteiger partial charge in [0.1, 0.15) is 0 Å². The van der Waals surface area contributed by atoms with Crippen LogP contribution in [-0.4, -0.2) is 22.7 Å². The summed E-state index contributed by atoms with van der Waals surface area (Å²) in [4.78, 5) is 6.33. The largest absolute Gasteiger partial charge is 0.392 e. The van der Waals surface area contributed by atoms with Crippen molar-refractivity contribution >= 4 is 5.69 Å². The molecule has 0 aromatic carbocycles. The monoisotopic (exact) mass is 208 g/mol. The minimum Gasteiger partial charge on any atom is -0.392 e. The summed E-state index contributed by atoms with van der Waals surface area (Å²) in [5, 5.41) is 9.25. The highest BCUT2D eigenvalue weighted by molar-refractivity contribution is 5.52. The molecule has 0 bridgehead atoms. The summed E-state index contributed by atoms with van der Waals surface area (Å²) in [7, 11) is 0. The predicted molar refractivity (Wildman–Crippen MR) is 62.9 cm³/mol. The van der Waals surface area contributed by atoms with Gasteiger partial charge in [0, 0.05) is 36.2 Å². The van der Waals surface area contributed by atoms with E-state index in [4.69, 9.17) is 0 Å². The van der Waals surface area contributed by atoms with E-state index in [1.165, 1.54) is 0 Å². The molecule has 1 aromatic heterocycles. The van der Waals surface area contributed by atoms with Crippen molar-refractivity contribution in [2.45, 2.75) is 39.8 Å². The number of pyridine rings is 1. The summed E-state index contributed by atoms with van der Waals surface area (Å²) in [5.74, 6) is 0. The third-order valence-corrected chi connectivity index (χ3v) is 2.45. The highest BCUT2D eigenvalue weighted by Gasteiger charge is 2.12. The van der Waals surface area contributed by atoms with Crippen molar-refractivity contribution in [2.75, 3.05) is 11.4 Å². The molecule has 1 N–H and O–H groups in total. The Balaban J connectivity index is 2.98. The van der Waals surface area contributed by atoms with Gasteiger partial charge in [-0.15, -0.1) is 0 Å². The number of hydrogen-bond donors (Lipinski definition) is 1. The quantitative estimate of drug-likeness (QED) is 0.806. The van der Waals surface area contributed by atoms with E-state index in [0.29, 0.717) is 6.04 Å². The molecule has 0 aliphatic carbocycles. The van der Waals surface area contributed by atoms with Crippen LogP contribution in [-0.2, 0) is 6.61 Å². The zero-order valence-corrected chi connectivity index (χ0v) is 9.77. The lowest BCUT2D eigenvalue weighted by Gasteiger charge is -2.30. The minimum absolute atomic E-state index is 0.0517. The molecule has 0 fully saturated rings. The minimum atomic E-state index is 0.0517. The van der Waals surface area contributed by atoms with Crippen LogP contribution in [0.25, 0.3) is 0 Å². The van der Waals surface area contributed by atoms with E-state index in [2.05, 4.69) is 30.7 Å². The van der Waals surface area contributed by atoms with Crippen molar-refractivity contribution in [3.63, 3.8) is 0 Å². The second-order valence-corrected chi connectivity index (χ2v) is 3.95. The zero-order chi connectivity index (χ0) is 11.3. The normalized spacial score (nSPS) is 10.7. The molecule has 0 saturated carbocycles. The highest BCUT2D eigenvalue weighted by Crippen LogP contribution is 2.21. The van der Waals surface area contributed by atoms with Gasteiger partial charge in [0.25, 0.3) is 0 Å². The molecule has 1 heterocycles. The molecule has 3 heteroatoms. The summed E-state index contributed by atoms with van der Waals surface area (Å²) in [5.41, 5.74) is 2.00. The number of rotatable bonds is 5. The second kappa shape index (κ2) is 5.71. The molecular formula is C12H20N2O. The molecule has 0 amide bonds. The van der Waals surface area contributed by atoms with Crippen LogP contribution in [0.4, 0.5) is 5.69 Å². The Hall–Kier alpha value is -1.09. The van der Waals surface area contributed by atoms with Gasteiger partial charge in [0.05, 0.1) is 6.61 Å². The maximum Gasteiger partial charge on any atom is 0.0717 e. The van der Waals surface area contributed by atoms with E-state index in [1.54, 1.807) is 12.4 Å². The Morgan fingerprint density at radius 2 is 2.20 bits per heavy atom. The number of aromatic nitrogens is 1. The number of hydrogen-bond acceptors (Lipinski definition) is 3. The first kappa shape index (κ1) is 12.0.